The molecular weight excluding hydrogens is 362 g/mol. The summed E-state index contributed by atoms with van der Waals surface area (Å²) in [5, 5.41) is 9.77. The molecule has 0 saturated carbocycles. The number of aromatic carboxylic acids is 1. The number of ether oxygens (including phenoxy) is 1. The maximum absolute atomic E-state index is 12.9. The summed E-state index contributed by atoms with van der Waals surface area (Å²) < 4.78 is 5.42. The SMILES string of the molecule is CC(C)(C)OC(=O)N1CCCN(C(=O)c2ccc3[nH]c(C(=O)O)cc3c2)CC1. The predicted octanol–water partition coefficient (Wildman–Crippen LogP) is 2.95. The van der Waals surface area contributed by atoms with Crippen LogP contribution in [0, 0.1) is 0 Å². The van der Waals surface area contributed by atoms with Gasteiger partial charge in [0, 0.05) is 42.6 Å². The number of carboxylic acids is 1. The summed E-state index contributed by atoms with van der Waals surface area (Å²) in [7, 11) is 0. The zero-order valence-corrected chi connectivity index (χ0v) is 16.3. The Bertz CT molecular complexity index is 912. The zero-order chi connectivity index (χ0) is 20.5. The molecule has 1 aliphatic heterocycles. The monoisotopic (exact) mass is 387 g/mol. The van der Waals surface area contributed by atoms with Crippen molar-refractivity contribution >= 4 is 28.9 Å². The second kappa shape index (κ2) is 7.53. The third-order valence-electron chi connectivity index (χ3n) is 4.53. The van der Waals surface area contributed by atoms with Gasteiger partial charge in [0.25, 0.3) is 5.91 Å². The number of carbonyl (C=O) groups is 3. The molecule has 2 heterocycles. The van der Waals surface area contributed by atoms with Crippen LogP contribution in [0.15, 0.2) is 24.3 Å². The first-order valence-corrected chi connectivity index (χ1v) is 9.27. The van der Waals surface area contributed by atoms with Crippen LogP contribution < -0.4 is 0 Å². The molecule has 0 atom stereocenters. The van der Waals surface area contributed by atoms with E-state index in [1.165, 1.54) is 6.07 Å². The zero-order valence-electron chi connectivity index (χ0n) is 16.3. The second-order valence-corrected chi connectivity index (χ2v) is 7.90. The Hall–Kier alpha value is -3.03. The van der Waals surface area contributed by atoms with Crippen LogP contribution in [-0.2, 0) is 4.74 Å². The van der Waals surface area contributed by atoms with Crippen LogP contribution in [0.5, 0.6) is 0 Å². The Morgan fingerprint density at radius 3 is 2.39 bits per heavy atom. The van der Waals surface area contributed by atoms with E-state index in [-0.39, 0.29) is 17.7 Å². The number of fused-ring (bicyclic) bond motifs is 1. The van der Waals surface area contributed by atoms with Gasteiger partial charge in [0.15, 0.2) is 0 Å². The first-order valence-electron chi connectivity index (χ1n) is 9.27. The summed E-state index contributed by atoms with van der Waals surface area (Å²) in [6.07, 6.45) is 0.303. The highest BCUT2D eigenvalue weighted by atomic mass is 16.6. The molecule has 0 aliphatic carbocycles. The Morgan fingerprint density at radius 2 is 1.71 bits per heavy atom. The number of carboxylic acid groups (broad SMARTS) is 1. The van der Waals surface area contributed by atoms with Crippen LogP contribution in [0.2, 0.25) is 0 Å². The van der Waals surface area contributed by atoms with Crippen LogP contribution >= 0.6 is 0 Å². The minimum atomic E-state index is -1.04. The summed E-state index contributed by atoms with van der Waals surface area (Å²) in [4.78, 5) is 42.4. The van der Waals surface area contributed by atoms with E-state index < -0.39 is 11.6 Å². The number of nitrogens with one attached hydrogen (secondary N) is 1. The number of aromatic amines is 1. The van der Waals surface area contributed by atoms with Crippen molar-refractivity contribution in [3.8, 4) is 0 Å². The molecule has 8 nitrogen and oxygen atoms in total. The molecule has 28 heavy (non-hydrogen) atoms. The summed E-state index contributed by atoms with van der Waals surface area (Å²) in [5.41, 5.74) is 0.692. The van der Waals surface area contributed by atoms with Crippen LogP contribution in [0.1, 0.15) is 48.0 Å². The fourth-order valence-corrected chi connectivity index (χ4v) is 3.19. The molecule has 150 valence electrons. The first-order chi connectivity index (χ1) is 13.1. The average molecular weight is 387 g/mol. The first kappa shape index (κ1) is 19.7. The fraction of sp³-hybridized carbons (Fsp3) is 0.450. The van der Waals surface area contributed by atoms with E-state index in [2.05, 4.69) is 4.98 Å². The molecule has 1 saturated heterocycles. The largest absolute Gasteiger partial charge is 0.477 e. The summed E-state index contributed by atoms with van der Waals surface area (Å²) in [6.45, 7) is 7.39. The van der Waals surface area contributed by atoms with E-state index in [4.69, 9.17) is 9.84 Å². The highest BCUT2D eigenvalue weighted by molar-refractivity contribution is 6.00. The number of H-pyrrole nitrogens is 1. The molecule has 0 spiro atoms. The van der Waals surface area contributed by atoms with E-state index in [0.29, 0.717) is 49.1 Å². The number of amides is 2. The number of carbonyl (C=O) groups excluding carboxylic acids is 2. The van der Waals surface area contributed by atoms with Crippen molar-refractivity contribution in [3.05, 3.63) is 35.5 Å². The van der Waals surface area contributed by atoms with Crippen molar-refractivity contribution < 1.29 is 24.2 Å². The molecule has 1 fully saturated rings. The summed E-state index contributed by atoms with van der Waals surface area (Å²) >= 11 is 0. The Balaban J connectivity index is 1.70. The quantitative estimate of drug-likeness (QED) is 0.825. The molecule has 2 N–H and O–H groups in total. The number of hydrogen-bond acceptors (Lipinski definition) is 4. The Kier molecular flexibility index (Phi) is 5.31. The van der Waals surface area contributed by atoms with Gasteiger partial charge in [-0.2, -0.15) is 0 Å². The maximum atomic E-state index is 12.9. The Morgan fingerprint density at radius 1 is 1.04 bits per heavy atom. The van der Waals surface area contributed by atoms with Crippen molar-refractivity contribution in [1.82, 2.24) is 14.8 Å². The fourth-order valence-electron chi connectivity index (χ4n) is 3.19. The number of rotatable bonds is 2. The molecule has 1 aromatic carbocycles. The third-order valence-corrected chi connectivity index (χ3v) is 4.53. The molecule has 3 rings (SSSR count). The topological polar surface area (TPSA) is 103 Å². The van der Waals surface area contributed by atoms with Gasteiger partial charge < -0.3 is 24.6 Å². The lowest BCUT2D eigenvalue weighted by atomic mass is 10.1. The highest BCUT2D eigenvalue weighted by Gasteiger charge is 2.26. The molecule has 0 radical (unpaired) electrons. The molecule has 2 aromatic rings. The minimum absolute atomic E-state index is 0.0855. The Labute approximate surface area is 163 Å². The second-order valence-electron chi connectivity index (χ2n) is 7.90. The van der Waals surface area contributed by atoms with Gasteiger partial charge in [-0.15, -0.1) is 0 Å². The number of hydrogen-bond donors (Lipinski definition) is 2. The normalized spacial score (nSPS) is 15.4. The van der Waals surface area contributed by atoms with Gasteiger partial charge in [0.05, 0.1) is 0 Å². The van der Waals surface area contributed by atoms with E-state index in [9.17, 15) is 14.4 Å². The van der Waals surface area contributed by atoms with Gasteiger partial charge in [0.1, 0.15) is 11.3 Å². The minimum Gasteiger partial charge on any atom is -0.477 e. The van der Waals surface area contributed by atoms with Gasteiger partial charge in [-0.25, -0.2) is 9.59 Å². The van der Waals surface area contributed by atoms with Crippen LogP contribution in [0.4, 0.5) is 4.79 Å². The standard InChI is InChI=1S/C20H25N3O5/c1-20(2,3)28-19(27)23-8-4-7-22(9-10-23)17(24)13-5-6-15-14(11-13)12-16(21-15)18(25)26/h5-6,11-12,21H,4,7-10H2,1-3H3,(H,25,26). The average Bonchev–Trinajstić information content (AvgIpc) is 2.88. The molecule has 2 amide bonds. The lowest BCUT2D eigenvalue weighted by Gasteiger charge is -2.26. The maximum Gasteiger partial charge on any atom is 0.410 e. The number of aromatic nitrogens is 1. The third kappa shape index (κ3) is 4.44. The molecule has 8 heteroatoms. The molecule has 1 aliphatic rings. The van der Waals surface area contributed by atoms with Gasteiger partial charge in [-0.05, 0) is 51.5 Å². The van der Waals surface area contributed by atoms with Crippen LogP contribution in [0.25, 0.3) is 10.9 Å². The van der Waals surface area contributed by atoms with Crippen molar-refractivity contribution in [3.63, 3.8) is 0 Å². The van der Waals surface area contributed by atoms with Crippen molar-refractivity contribution in [1.29, 1.82) is 0 Å². The van der Waals surface area contributed by atoms with Gasteiger partial charge in [-0.1, -0.05) is 0 Å². The van der Waals surface area contributed by atoms with E-state index in [1.54, 1.807) is 28.0 Å². The van der Waals surface area contributed by atoms with Crippen molar-refractivity contribution in [2.24, 2.45) is 0 Å². The highest BCUT2D eigenvalue weighted by Crippen LogP contribution is 2.19. The van der Waals surface area contributed by atoms with E-state index in [1.807, 2.05) is 20.8 Å². The van der Waals surface area contributed by atoms with Crippen LogP contribution in [0.3, 0.4) is 0 Å². The van der Waals surface area contributed by atoms with Gasteiger partial charge >= 0.3 is 12.1 Å². The van der Waals surface area contributed by atoms with Crippen LogP contribution in [-0.4, -0.2) is 69.6 Å². The lowest BCUT2D eigenvalue weighted by Crippen LogP contribution is -2.40. The van der Waals surface area contributed by atoms with Crippen molar-refractivity contribution in [2.45, 2.75) is 32.8 Å². The molecular formula is C20H25N3O5. The number of benzene rings is 1. The van der Waals surface area contributed by atoms with E-state index in [0.717, 1.165) is 0 Å². The molecule has 1 aromatic heterocycles. The predicted molar refractivity (Wildman–Crippen MR) is 104 cm³/mol. The molecule has 0 unspecified atom stereocenters. The number of nitrogens with zero attached hydrogens (tertiary/aromatic N) is 2. The van der Waals surface area contributed by atoms with Gasteiger partial charge in [-0.3, -0.25) is 4.79 Å². The summed E-state index contributed by atoms with van der Waals surface area (Å²) in [5.74, 6) is -1.18. The lowest BCUT2D eigenvalue weighted by molar-refractivity contribution is 0.0255. The van der Waals surface area contributed by atoms with E-state index >= 15 is 0 Å². The molecule has 0 bridgehead atoms. The van der Waals surface area contributed by atoms with Crippen molar-refractivity contribution in [2.75, 3.05) is 26.2 Å². The van der Waals surface area contributed by atoms with Gasteiger partial charge in [0.2, 0.25) is 0 Å². The smallest absolute Gasteiger partial charge is 0.410 e. The summed E-state index contributed by atoms with van der Waals surface area (Å²) in [6, 6.07) is 6.60.